The van der Waals surface area contributed by atoms with Crippen molar-refractivity contribution >= 4 is 55.2 Å². The number of para-hydroxylation sites is 1. The zero-order valence-corrected chi connectivity index (χ0v) is 22.4. The van der Waals surface area contributed by atoms with Crippen LogP contribution in [0.1, 0.15) is 32.8 Å². The molecule has 0 bridgehead atoms. The van der Waals surface area contributed by atoms with Gasteiger partial charge in [-0.2, -0.15) is 10.1 Å². The van der Waals surface area contributed by atoms with E-state index in [0.717, 1.165) is 39.1 Å². The van der Waals surface area contributed by atoms with Gasteiger partial charge in [0.1, 0.15) is 0 Å². The van der Waals surface area contributed by atoms with Gasteiger partial charge in [0.25, 0.3) is 5.91 Å². The molecule has 6 rings (SSSR count). The molecule has 2 N–H and O–H groups in total. The third kappa shape index (κ3) is 5.47. The van der Waals surface area contributed by atoms with Crippen molar-refractivity contribution in [2.75, 3.05) is 16.8 Å². The summed E-state index contributed by atoms with van der Waals surface area (Å²) in [6.45, 7) is 1.88. The van der Waals surface area contributed by atoms with Crippen LogP contribution in [0, 0.1) is 0 Å². The van der Waals surface area contributed by atoms with E-state index >= 15 is 0 Å². The lowest BCUT2D eigenvalue weighted by atomic mass is 9.94. The number of carbonyl (C=O) groups is 2. The van der Waals surface area contributed by atoms with Crippen LogP contribution in [-0.2, 0) is 25.9 Å². The van der Waals surface area contributed by atoms with Crippen LogP contribution in [0.25, 0.3) is 10.2 Å². The number of benzene rings is 2. The number of aryl methyl sites for hydroxylation is 2. The molecule has 5 aromatic rings. The molecular weight excluding hydrogens is 536 g/mol. The second kappa shape index (κ2) is 10.8. The van der Waals surface area contributed by atoms with E-state index in [1.165, 1.54) is 22.7 Å². The Hall–Kier alpha value is -4.29. The summed E-state index contributed by atoms with van der Waals surface area (Å²) in [4.78, 5) is 36.6. The number of ether oxygens (including phenoxy) is 1. The third-order valence-corrected chi connectivity index (χ3v) is 8.60. The molecule has 0 aliphatic carbocycles. The second-order valence-corrected chi connectivity index (χ2v) is 11.1. The molecule has 1 amide bonds. The molecular formula is C27H24N6O4S2. The maximum atomic E-state index is 13.3. The molecule has 198 valence electrons. The molecule has 0 fully saturated rings. The number of nitrogens with zero attached hydrogens (tertiary/aromatic N) is 5. The molecule has 1 aliphatic heterocycles. The molecule has 4 heterocycles. The maximum absolute atomic E-state index is 13.3. The van der Waals surface area contributed by atoms with Crippen LogP contribution in [0.2, 0.25) is 0 Å². The highest BCUT2D eigenvalue weighted by molar-refractivity contribution is 7.22. The summed E-state index contributed by atoms with van der Waals surface area (Å²) < 4.78 is 7.87. The van der Waals surface area contributed by atoms with Gasteiger partial charge in [-0.3, -0.25) is 14.8 Å². The quantitative estimate of drug-likeness (QED) is 0.240. The minimum atomic E-state index is -1.39. The average molecular weight is 561 g/mol. The van der Waals surface area contributed by atoms with E-state index in [0.29, 0.717) is 41.9 Å². The smallest absolute Gasteiger partial charge is 0.449 e. The zero-order valence-electron chi connectivity index (χ0n) is 20.7. The predicted molar refractivity (Wildman–Crippen MR) is 150 cm³/mol. The van der Waals surface area contributed by atoms with Crippen LogP contribution in [0.3, 0.4) is 0 Å². The lowest BCUT2D eigenvalue weighted by Crippen LogP contribution is -2.32. The molecule has 0 atom stereocenters. The Bertz CT molecular complexity index is 1610. The van der Waals surface area contributed by atoms with Crippen molar-refractivity contribution in [3.63, 3.8) is 0 Å². The molecule has 3 aromatic heterocycles. The summed E-state index contributed by atoms with van der Waals surface area (Å²) in [6, 6.07) is 15.4. The summed E-state index contributed by atoms with van der Waals surface area (Å²) in [6.07, 6.45) is 4.34. The van der Waals surface area contributed by atoms with Crippen molar-refractivity contribution in [1.29, 1.82) is 0 Å². The molecule has 0 saturated heterocycles. The standard InChI is InChI=1S/C27H24N6O4S2/c34-23(30-25-29-20-8-1-2-9-21(20)38-25)18-7-3-6-17-11-15-32(16-19(17)18)26-31-24(37-27(35)36)22(39-26)10-4-13-33-14-5-12-28-33/h1-3,5-9,12,14H,4,10-11,13,15-16H2,(H,35,36)(H,29,30,34). The van der Waals surface area contributed by atoms with Gasteiger partial charge in [0.15, 0.2) is 10.3 Å². The largest absolute Gasteiger partial charge is 0.512 e. The fraction of sp³-hybridized carbons (Fsp3) is 0.222. The molecule has 1 aliphatic rings. The summed E-state index contributed by atoms with van der Waals surface area (Å²) in [7, 11) is 0. The molecule has 0 spiro atoms. The Morgan fingerprint density at radius 2 is 1.97 bits per heavy atom. The monoisotopic (exact) mass is 560 g/mol. The molecule has 39 heavy (non-hydrogen) atoms. The van der Waals surface area contributed by atoms with Gasteiger partial charge in [0.2, 0.25) is 5.88 Å². The second-order valence-electron chi connectivity index (χ2n) is 9.02. The summed E-state index contributed by atoms with van der Waals surface area (Å²) in [5.74, 6) is -0.0864. The van der Waals surface area contributed by atoms with Crippen molar-refractivity contribution in [2.24, 2.45) is 0 Å². The van der Waals surface area contributed by atoms with Gasteiger partial charge in [-0.05, 0) is 54.7 Å². The minimum absolute atomic E-state index is 0.121. The molecule has 0 unspecified atom stereocenters. The molecule has 10 nitrogen and oxygen atoms in total. The molecule has 0 saturated carbocycles. The highest BCUT2D eigenvalue weighted by Crippen LogP contribution is 2.36. The summed E-state index contributed by atoms with van der Waals surface area (Å²) in [5, 5.41) is 17.7. The van der Waals surface area contributed by atoms with Gasteiger partial charge < -0.3 is 14.7 Å². The number of aromatic nitrogens is 4. The van der Waals surface area contributed by atoms with Crippen LogP contribution in [0.5, 0.6) is 5.88 Å². The fourth-order valence-corrected chi connectivity index (χ4v) is 6.58. The Morgan fingerprint density at radius 1 is 1.08 bits per heavy atom. The first-order valence-corrected chi connectivity index (χ1v) is 14.1. The van der Waals surface area contributed by atoms with E-state index in [2.05, 4.69) is 25.3 Å². The van der Waals surface area contributed by atoms with Crippen molar-refractivity contribution < 1.29 is 19.4 Å². The Labute approximate surface area is 231 Å². The van der Waals surface area contributed by atoms with E-state index in [1.54, 1.807) is 6.20 Å². The predicted octanol–water partition coefficient (Wildman–Crippen LogP) is 5.45. The Morgan fingerprint density at radius 3 is 2.79 bits per heavy atom. The number of hydrogen-bond donors (Lipinski definition) is 2. The van der Waals surface area contributed by atoms with E-state index in [9.17, 15) is 14.7 Å². The number of hydrogen-bond acceptors (Lipinski definition) is 9. The number of thiazole rings is 2. The zero-order chi connectivity index (χ0) is 26.8. The number of fused-ring (bicyclic) bond motifs is 2. The summed E-state index contributed by atoms with van der Waals surface area (Å²) in [5.41, 5.74) is 3.48. The number of rotatable bonds is 8. The van der Waals surface area contributed by atoms with E-state index in [-0.39, 0.29) is 11.8 Å². The lowest BCUT2D eigenvalue weighted by Gasteiger charge is -2.29. The van der Waals surface area contributed by atoms with Crippen LogP contribution in [0.15, 0.2) is 60.9 Å². The van der Waals surface area contributed by atoms with Gasteiger partial charge in [-0.1, -0.05) is 46.9 Å². The minimum Gasteiger partial charge on any atom is -0.449 e. The molecule has 2 aromatic carbocycles. The van der Waals surface area contributed by atoms with Crippen molar-refractivity contribution in [3.05, 3.63) is 82.5 Å². The number of amides is 1. The topological polar surface area (TPSA) is 122 Å². The molecule has 0 radical (unpaired) electrons. The lowest BCUT2D eigenvalue weighted by molar-refractivity contribution is 0.102. The van der Waals surface area contributed by atoms with Crippen LogP contribution in [-0.4, -0.2) is 43.5 Å². The highest BCUT2D eigenvalue weighted by Gasteiger charge is 2.26. The highest BCUT2D eigenvalue weighted by atomic mass is 32.1. The fourth-order valence-electron chi connectivity index (χ4n) is 4.66. The van der Waals surface area contributed by atoms with Gasteiger partial charge in [0, 0.05) is 37.6 Å². The van der Waals surface area contributed by atoms with Crippen molar-refractivity contribution in [2.45, 2.75) is 32.4 Å². The van der Waals surface area contributed by atoms with Crippen LogP contribution < -0.4 is 15.0 Å². The first-order valence-electron chi connectivity index (χ1n) is 12.4. The number of anilines is 2. The number of nitrogens with one attached hydrogen (secondary N) is 1. The van der Waals surface area contributed by atoms with E-state index in [1.807, 2.05) is 59.4 Å². The van der Waals surface area contributed by atoms with Gasteiger partial charge in [-0.25, -0.2) is 9.78 Å². The van der Waals surface area contributed by atoms with Crippen LogP contribution in [0.4, 0.5) is 15.1 Å². The number of carboxylic acid groups (broad SMARTS) is 1. The van der Waals surface area contributed by atoms with Crippen LogP contribution >= 0.6 is 22.7 Å². The van der Waals surface area contributed by atoms with Gasteiger partial charge in [-0.15, -0.1) is 0 Å². The van der Waals surface area contributed by atoms with E-state index < -0.39 is 6.16 Å². The van der Waals surface area contributed by atoms with E-state index in [4.69, 9.17) is 4.74 Å². The van der Waals surface area contributed by atoms with Gasteiger partial charge >= 0.3 is 6.16 Å². The first-order chi connectivity index (χ1) is 19.0. The number of carbonyl (C=O) groups excluding carboxylic acids is 1. The Balaban J connectivity index is 1.21. The molecule has 12 heteroatoms. The summed E-state index contributed by atoms with van der Waals surface area (Å²) >= 11 is 2.87. The van der Waals surface area contributed by atoms with Crippen molar-refractivity contribution in [1.82, 2.24) is 19.7 Å². The Kier molecular flexibility index (Phi) is 6.95. The first kappa shape index (κ1) is 25.0. The third-order valence-electron chi connectivity index (χ3n) is 6.49. The average Bonchev–Trinajstić information content (AvgIpc) is 3.68. The maximum Gasteiger partial charge on any atom is 0.512 e. The normalized spacial score (nSPS) is 12.9. The van der Waals surface area contributed by atoms with Crippen molar-refractivity contribution in [3.8, 4) is 5.88 Å². The van der Waals surface area contributed by atoms with Gasteiger partial charge in [0.05, 0.1) is 15.1 Å². The SMILES string of the molecule is O=C(O)Oc1nc(N2CCc3cccc(C(=O)Nc4nc5ccccc5s4)c3C2)sc1CCCn1cccn1.